The highest BCUT2D eigenvalue weighted by Gasteiger charge is 2.69. The number of likely N-dealkylation sites (N-methyl/N-ethyl adjacent to an activating group) is 1. The second-order valence-electron chi connectivity index (χ2n) is 12.1. The van der Waals surface area contributed by atoms with Crippen LogP contribution in [0, 0.1) is 23.7 Å². The maximum atomic E-state index is 14.1. The SMILES string of the molecule is CN(C)c1cc(NC(=O)c2ccccc2C(=O)O)c(O)c2c1CC1CC3[C@H](N(C)C)C(=O)C(C(N)=O)C(=O)[C@@]3(O)C(=O)C1C2=O. The number of carboxylic acids is 1. The van der Waals surface area contributed by atoms with Crippen LogP contribution in [0.5, 0.6) is 5.75 Å². The molecule has 6 N–H and O–H groups in total. The van der Waals surface area contributed by atoms with Crippen molar-refractivity contribution in [3.63, 3.8) is 0 Å². The fraction of sp³-hybridized carbons (Fsp3) is 0.387. The highest BCUT2D eigenvalue weighted by Crippen LogP contribution is 2.52. The molecule has 5 rings (SSSR count). The number of nitrogens with zero attached hydrogens (tertiary/aromatic N) is 2. The van der Waals surface area contributed by atoms with Crippen LogP contribution in [-0.4, -0.2) is 101 Å². The molecule has 2 fully saturated rings. The molecule has 3 aliphatic rings. The number of Topliss-reactive ketones (excluding diaryl/α,β-unsaturated/α-hetero) is 4. The van der Waals surface area contributed by atoms with Gasteiger partial charge in [0.25, 0.3) is 5.91 Å². The lowest BCUT2D eigenvalue weighted by molar-refractivity contribution is -0.181. The van der Waals surface area contributed by atoms with Gasteiger partial charge in [-0.25, -0.2) is 4.79 Å². The van der Waals surface area contributed by atoms with E-state index in [9.17, 15) is 48.9 Å². The van der Waals surface area contributed by atoms with Crippen LogP contribution in [-0.2, 0) is 25.6 Å². The first kappa shape index (κ1) is 31.5. The number of nitrogens with two attached hydrogens (primary N) is 1. The Hall–Kier alpha value is -4.95. The van der Waals surface area contributed by atoms with Crippen molar-refractivity contribution in [2.45, 2.75) is 24.5 Å². The molecule has 14 heteroatoms. The summed E-state index contributed by atoms with van der Waals surface area (Å²) in [6.07, 6.45) is -0.0784. The summed E-state index contributed by atoms with van der Waals surface area (Å²) >= 11 is 0. The number of rotatable bonds is 6. The maximum Gasteiger partial charge on any atom is 0.336 e. The molecule has 2 aromatic carbocycles. The number of hydrogen-bond acceptors (Lipinski definition) is 11. The van der Waals surface area contributed by atoms with Crippen molar-refractivity contribution in [3.8, 4) is 5.75 Å². The van der Waals surface area contributed by atoms with E-state index in [-0.39, 0.29) is 35.2 Å². The fourth-order valence-corrected chi connectivity index (χ4v) is 7.20. The summed E-state index contributed by atoms with van der Waals surface area (Å²) in [5, 5.41) is 35.1. The number of amides is 2. The van der Waals surface area contributed by atoms with Crippen molar-refractivity contribution in [3.05, 3.63) is 52.6 Å². The van der Waals surface area contributed by atoms with Gasteiger partial charge in [0.05, 0.1) is 34.3 Å². The van der Waals surface area contributed by atoms with Gasteiger partial charge < -0.3 is 31.3 Å². The first-order valence-electron chi connectivity index (χ1n) is 14.1. The normalized spacial score (nSPS) is 27.4. The first-order valence-corrected chi connectivity index (χ1v) is 14.1. The standard InChI is InChI=1S/C31H32N4O10/c1-34(2)18-11-17(33-29(42)13-7-5-6-8-14(13)30(43)44)23(36)20-15(18)9-12-10-16-22(35(3)4)25(38)21(28(32)41)27(40)31(16,45)26(39)19(12)24(20)37/h5-8,11-12,16,19,21-22,36,45H,9-10H2,1-4H3,(H2,32,41)(H,33,42)(H,43,44)/t12?,16?,19?,21?,22-,31-/m0/s1. The number of aromatic carboxylic acids is 1. The van der Waals surface area contributed by atoms with Crippen LogP contribution in [0.1, 0.15) is 43.1 Å². The molecule has 236 valence electrons. The minimum Gasteiger partial charge on any atom is -0.505 e. The topological polar surface area (TPSA) is 225 Å². The summed E-state index contributed by atoms with van der Waals surface area (Å²) in [4.78, 5) is 95.0. The van der Waals surface area contributed by atoms with Crippen LogP contribution in [0.25, 0.3) is 0 Å². The number of phenolic OH excluding ortho intramolecular Hbond substituents is 1. The molecule has 0 spiro atoms. The van der Waals surface area contributed by atoms with Crippen molar-refractivity contribution in [1.82, 2.24) is 4.90 Å². The number of carboxylic acid groups (broad SMARTS) is 1. The van der Waals surface area contributed by atoms with E-state index in [2.05, 4.69) is 5.32 Å². The third kappa shape index (κ3) is 4.59. The Balaban J connectivity index is 1.62. The van der Waals surface area contributed by atoms with Gasteiger partial charge in [-0.05, 0) is 56.6 Å². The molecule has 2 saturated carbocycles. The number of carbonyl (C=O) groups excluding carboxylic acids is 6. The molecule has 4 unspecified atom stereocenters. The van der Waals surface area contributed by atoms with E-state index in [4.69, 9.17) is 5.73 Å². The molecule has 3 aliphatic carbocycles. The number of benzene rings is 2. The second kappa shape index (κ2) is 10.9. The van der Waals surface area contributed by atoms with Crippen LogP contribution < -0.4 is 16.0 Å². The Morgan fingerprint density at radius 3 is 2.18 bits per heavy atom. The summed E-state index contributed by atoms with van der Waals surface area (Å²) in [5.41, 5.74) is 2.17. The van der Waals surface area contributed by atoms with Gasteiger partial charge >= 0.3 is 5.97 Å². The third-order valence-corrected chi connectivity index (χ3v) is 9.17. The summed E-state index contributed by atoms with van der Waals surface area (Å²) in [7, 11) is 6.32. The summed E-state index contributed by atoms with van der Waals surface area (Å²) in [5.74, 6) is -14.3. The van der Waals surface area contributed by atoms with Gasteiger partial charge in [-0.15, -0.1) is 0 Å². The number of carbonyl (C=O) groups is 7. The zero-order chi connectivity index (χ0) is 33.3. The molecule has 0 aliphatic heterocycles. The number of phenols is 1. The van der Waals surface area contributed by atoms with Crippen LogP contribution in [0.2, 0.25) is 0 Å². The number of primary amides is 1. The third-order valence-electron chi connectivity index (χ3n) is 9.17. The van der Waals surface area contributed by atoms with Crippen LogP contribution in [0.15, 0.2) is 30.3 Å². The van der Waals surface area contributed by atoms with Gasteiger partial charge in [0.1, 0.15) is 5.75 Å². The monoisotopic (exact) mass is 620 g/mol. The van der Waals surface area contributed by atoms with Crippen LogP contribution in [0.3, 0.4) is 0 Å². The maximum absolute atomic E-state index is 14.1. The smallest absolute Gasteiger partial charge is 0.336 e. The van der Waals surface area contributed by atoms with Crippen molar-refractivity contribution in [1.29, 1.82) is 0 Å². The van der Waals surface area contributed by atoms with Crippen LogP contribution in [0.4, 0.5) is 11.4 Å². The molecule has 0 aromatic heterocycles. The average molecular weight is 621 g/mol. The largest absolute Gasteiger partial charge is 0.505 e. The summed E-state index contributed by atoms with van der Waals surface area (Å²) < 4.78 is 0. The average Bonchev–Trinajstić information content (AvgIpc) is 2.95. The first-order chi connectivity index (χ1) is 21.0. The Kier molecular flexibility index (Phi) is 7.62. The number of nitrogens with one attached hydrogen (secondary N) is 1. The number of anilines is 2. The number of ketones is 4. The van der Waals surface area contributed by atoms with Gasteiger partial charge in [-0.2, -0.15) is 0 Å². The lowest BCUT2D eigenvalue weighted by atomic mass is 9.52. The van der Waals surface area contributed by atoms with E-state index in [1.54, 1.807) is 19.0 Å². The van der Waals surface area contributed by atoms with E-state index in [1.165, 1.54) is 49.3 Å². The van der Waals surface area contributed by atoms with Gasteiger partial charge in [-0.1, -0.05) is 12.1 Å². The molecule has 6 atom stereocenters. The summed E-state index contributed by atoms with van der Waals surface area (Å²) in [6, 6.07) is 5.60. The molecule has 2 aromatic rings. The van der Waals surface area contributed by atoms with Crippen molar-refractivity contribution in [2.75, 3.05) is 38.4 Å². The van der Waals surface area contributed by atoms with Gasteiger partial charge in [-0.3, -0.25) is 33.7 Å². The Morgan fingerprint density at radius 2 is 1.62 bits per heavy atom. The predicted molar refractivity (Wildman–Crippen MR) is 157 cm³/mol. The molecular formula is C31H32N4O10. The highest BCUT2D eigenvalue weighted by molar-refractivity contribution is 6.32. The number of aliphatic hydroxyl groups is 1. The van der Waals surface area contributed by atoms with E-state index in [0.717, 1.165) is 0 Å². The molecule has 0 saturated heterocycles. The molecular weight excluding hydrogens is 588 g/mol. The Morgan fingerprint density at radius 1 is 1.00 bits per heavy atom. The van der Waals surface area contributed by atoms with Crippen molar-refractivity contribution in [2.24, 2.45) is 29.4 Å². The quantitative estimate of drug-likeness (QED) is 0.211. The lowest BCUT2D eigenvalue weighted by Gasteiger charge is -2.52. The molecule has 0 radical (unpaired) electrons. The number of fused-ring (bicyclic) bond motifs is 3. The predicted octanol–water partition coefficient (Wildman–Crippen LogP) is -0.116. The van der Waals surface area contributed by atoms with E-state index in [0.29, 0.717) is 11.3 Å². The minimum atomic E-state index is -2.87. The van der Waals surface area contributed by atoms with E-state index < -0.39 is 82.0 Å². The molecule has 0 bridgehead atoms. The van der Waals surface area contributed by atoms with Crippen molar-refractivity contribution < 1.29 is 48.9 Å². The van der Waals surface area contributed by atoms with Gasteiger partial charge in [0.2, 0.25) is 5.91 Å². The zero-order valence-electron chi connectivity index (χ0n) is 24.9. The van der Waals surface area contributed by atoms with Gasteiger partial charge in [0, 0.05) is 25.7 Å². The second-order valence-corrected chi connectivity index (χ2v) is 12.1. The minimum absolute atomic E-state index is 0.0307. The van der Waals surface area contributed by atoms with E-state index >= 15 is 0 Å². The summed E-state index contributed by atoms with van der Waals surface area (Å²) in [6.45, 7) is 0. The number of aromatic hydroxyl groups is 1. The molecule has 45 heavy (non-hydrogen) atoms. The van der Waals surface area contributed by atoms with Gasteiger partial charge in [0.15, 0.2) is 34.7 Å². The highest BCUT2D eigenvalue weighted by atomic mass is 16.4. The molecule has 14 nitrogen and oxygen atoms in total. The van der Waals surface area contributed by atoms with Crippen molar-refractivity contribution >= 4 is 52.3 Å². The van der Waals surface area contributed by atoms with Crippen LogP contribution >= 0.6 is 0 Å². The number of hydrogen-bond donors (Lipinski definition) is 5. The Labute approximate surface area is 256 Å². The zero-order valence-corrected chi connectivity index (χ0v) is 24.9. The lowest BCUT2D eigenvalue weighted by Crippen LogP contribution is -2.74. The fourth-order valence-electron chi connectivity index (χ4n) is 7.20. The molecule has 0 heterocycles. The van der Waals surface area contributed by atoms with E-state index in [1.807, 2.05) is 0 Å². The Bertz CT molecular complexity index is 1720. The molecule has 2 amide bonds.